The lowest BCUT2D eigenvalue weighted by atomic mass is 10.4. The first-order chi connectivity index (χ1) is 9.02. The predicted octanol–water partition coefficient (Wildman–Crippen LogP) is 0.0568. The van der Waals surface area contributed by atoms with Crippen LogP contribution in [0.5, 0.6) is 0 Å². The zero-order valence-electron chi connectivity index (χ0n) is 11.0. The maximum absolute atomic E-state index is 11.8. The second-order valence-corrected chi connectivity index (χ2v) is 5.02. The molecule has 19 heavy (non-hydrogen) atoms. The van der Waals surface area contributed by atoms with E-state index in [1.54, 1.807) is 7.05 Å². The van der Waals surface area contributed by atoms with Gasteiger partial charge in [-0.2, -0.15) is 0 Å². The Morgan fingerprint density at radius 3 is 2.68 bits per heavy atom. The maximum Gasteiger partial charge on any atom is 0.330 e. The summed E-state index contributed by atoms with van der Waals surface area (Å²) >= 11 is 1.39. The van der Waals surface area contributed by atoms with Crippen LogP contribution >= 0.6 is 11.8 Å². The van der Waals surface area contributed by atoms with Gasteiger partial charge in [-0.1, -0.05) is 18.7 Å². The predicted molar refractivity (Wildman–Crippen MR) is 72.2 cm³/mol. The van der Waals surface area contributed by atoms with Crippen LogP contribution in [0, 0.1) is 0 Å². The number of nitrogens with one attached hydrogen (secondary N) is 1. The lowest BCUT2D eigenvalue weighted by Crippen LogP contribution is -2.37. The van der Waals surface area contributed by atoms with E-state index in [2.05, 4.69) is 15.2 Å². The minimum absolute atomic E-state index is 0.303. The van der Waals surface area contributed by atoms with Gasteiger partial charge in [0.15, 0.2) is 0 Å². The highest BCUT2D eigenvalue weighted by atomic mass is 32.2. The van der Waals surface area contributed by atoms with Crippen molar-refractivity contribution >= 4 is 11.8 Å². The van der Waals surface area contributed by atoms with Gasteiger partial charge in [-0.15, -0.1) is 5.10 Å². The summed E-state index contributed by atoms with van der Waals surface area (Å²) in [5.41, 5.74) is 0.0243. The van der Waals surface area contributed by atoms with Gasteiger partial charge < -0.3 is 0 Å². The summed E-state index contributed by atoms with van der Waals surface area (Å²) in [4.78, 5) is 27.6. The van der Waals surface area contributed by atoms with Crippen molar-refractivity contribution in [1.29, 1.82) is 0 Å². The van der Waals surface area contributed by atoms with Gasteiger partial charge in [-0.05, 0) is 0 Å². The molecule has 0 radical (unpaired) electrons. The van der Waals surface area contributed by atoms with Crippen LogP contribution in [-0.2, 0) is 26.3 Å². The summed E-state index contributed by atoms with van der Waals surface area (Å²) in [6.45, 7) is 1.99. The Balaban J connectivity index is 2.20. The van der Waals surface area contributed by atoms with Crippen LogP contribution in [0.1, 0.15) is 18.4 Å². The highest BCUT2D eigenvalue weighted by molar-refractivity contribution is 7.98. The zero-order chi connectivity index (χ0) is 14.0. The van der Waals surface area contributed by atoms with E-state index < -0.39 is 0 Å². The molecule has 0 saturated heterocycles. The van der Waals surface area contributed by atoms with Crippen molar-refractivity contribution in [3.05, 3.63) is 38.4 Å². The van der Waals surface area contributed by atoms with Crippen LogP contribution in [0.4, 0.5) is 0 Å². The van der Waals surface area contributed by atoms with Crippen molar-refractivity contribution in [2.45, 2.75) is 24.3 Å². The molecule has 0 amide bonds. The number of hydrogen-bond donors (Lipinski definition) is 1. The third kappa shape index (κ3) is 2.78. The highest BCUT2D eigenvalue weighted by Crippen LogP contribution is 2.17. The number of rotatable bonds is 4. The molecule has 7 nitrogen and oxygen atoms in total. The van der Waals surface area contributed by atoms with Gasteiger partial charge in [-0.25, -0.2) is 9.78 Å². The minimum atomic E-state index is -0.327. The van der Waals surface area contributed by atoms with Crippen LogP contribution in [0.15, 0.2) is 20.8 Å². The van der Waals surface area contributed by atoms with Crippen LogP contribution < -0.4 is 11.2 Å². The average molecular weight is 281 g/mol. The zero-order valence-corrected chi connectivity index (χ0v) is 11.8. The lowest BCUT2D eigenvalue weighted by molar-refractivity contribution is 0.665. The van der Waals surface area contributed by atoms with E-state index in [4.69, 9.17) is 0 Å². The second-order valence-electron chi connectivity index (χ2n) is 4.08. The smallest absolute Gasteiger partial charge is 0.300 e. The first kappa shape index (κ1) is 13.6. The van der Waals surface area contributed by atoms with E-state index in [0.29, 0.717) is 16.6 Å². The van der Waals surface area contributed by atoms with Gasteiger partial charge in [0.25, 0.3) is 5.56 Å². The van der Waals surface area contributed by atoms with Crippen molar-refractivity contribution in [3.63, 3.8) is 0 Å². The molecule has 0 bridgehead atoms. The molecule has 0 aliphatic carbocycles. The van der Waals surface area contributed by atoms with E-state index in [9.17, 15) is 9.59 Å². The summed E-state index contributed by atoms with van der Waals surface area (Å²) in [6, 6.07) is 1.46. The number of nitrogens with zero attached hydrogens (tertiary/aromatic N) is 4. The molecule has 8 heteroatoms. The summed E-state index contributed by atoms with van der Waals surface area (Å²) < 4.78 is 2.54. The molecule has 2 aromatic heterocycles. The Bertz CT molecular complexity index is 700. The van der Waals surface area contributed by atoms with Gasteiger partial charge in [0.1, 0.15) is 5.82 Å². The molecule has 2 heterocycles. The number of H-pyrrole nitrogens is 1. The van der Waals surface area contributed by atoms with Gasteiger partial charge in [0, 0.05) is 38.0 Å². The number of aromatic amines is 1. The first-order valence-corrected chi connectivity index (χ1v) is 6.81. The molecule has 2 aromatic rings. The average Bonchev–Trinajstić information content (AvgIpc) is 2.87. The number of aromatic nitrogens is 5. The van der Waals surface area contributed by atoms with E-state index >= 15 is 0 Å². The van der Waals surface area contributed by atoms with E-state index in [0.717, 1.165) is 16.8 Å². The highest BCUT2D eigenvalue weighted by Gasteiger charge is 2.08. The fourth-order valence-corrected chi connectivity index (χ4v) is 2.39. The topological polar surface area (TPSA) is 85.6 Å². The quantitative estimate of drug-likeness (QED) is 0.801. The summed E-state index contributed by atoms with van der Waals surface area (Å²) in [5.74, 6) is 1.29. The first-order valence-electron chi connectivity index (χ1n) is 5.83. The Morgan fingerprint density at radius 1 is 1.32 bits per heavy atom. The van der Waals surface area contributed by atoms with E-state index in [-0.39, 0.29) is 11.2 Å². The standard InChI is InChI=1S/C11H15N5O2S/c1-4-8-12-10(14-13-8)19-6-7-5-9(17)16(3)11(18)15(7)2/h5H,4,6H2,1-3H3,(H,12,13,14). The molecule has 0 unspecified atom stereocenters. The molecule has 0 fully saturated rings. The Morgan fingerprint density at radius 2 is 2.05 bits per heavy atom. The summed E-state index contributed by atoms with van der Waals surface area (Å²) in [5, 5.41) is 7.49. The van der Waals surface area contributed by atoms with Crippen LogP contribution in [0.2, 0.25) is 0 Å². The third-order valence-corrected chi connectivity index (χ3v) is 3.70. The Labute approximate surface area is 113 Å². The molecule has 1 N–H and O–H groups in total. The number of aryl methyl sites for hydroxylation is 1. The summed E-state index contributed by atoms with van der Waals surface area (Å²) in [7, 11) is 3.11. The van der Waals surface area contributed by atoms with Crippen molar-refractivity contribution < 1.29 is 0 Å². The van der Waals surface area contributed by atoms with E-state index in [1.165, 1.54) is 29.4 Å². The molecule has 0 aliphatic rings. The Hall–Kier alpha value is -1.83. The number of hydrogen-bond acceptors (Lipinski definition) is 5. The SMILES string of the molecule is CCc1nc(SCc2cc(=O)n(C)c(=O)n2C)n[nH]1. The lowest BCUT2D eigenvalue weighted by Gasteiger charge is -2.07. The van der Waals surface area contributed by atoms with Crippen molar-refractivity contribution in [3.8, 4) is 0 Å². The number of thioether (sulfide) groups is 1. The molecule has 2 rings (SSSR count). The van der Waals surface area contributed by atoms with Crippen LogP contribution in [-0.4, -0.2) is 24.3 Å². The molecular weight excluding hydrogens is 266 g/mol. The molecule has 0 spiro atoms. The Kier molecular flexibility index (Phi) is 3.89. The third-order valence-electron chi connectivity index (χ3n) is 2.82. The van der Waals surface area contributed by atoms with Crippen molar-refractivity contribution in [2.24, 2.45) is 14.1 Å². The van der Waals surface area contributed by atoms with E-state index in [1.807, 2.05) is 6.92 Å². The second kappa shape index (κ2) is 5.43. The monoisotopic (exact) mass is 281 g/mol. The fraction of sp³-hybridized carbons (Fsp3) is 0.455. The van der Waals surface area contributed by atoms with Gasteiger partial charge >= 0.3 is 5.69 Å². The van der Waals surface area contributed by atoms with Gasteiger partial charge in [-0.3, -0.25) is 19.0 Å². The molecule has 0 aromatic carbocycles. The minimum Gasteiger partial charge on any atom is -0.300 e. The van der Waals surface area contributed by atoms with Crippen LogP contribution in [0.25, 0.3) is 0 Å². The van der Waals surface area contributed by atoms with Crippen molar-refractivity contribution in [1.82, 2.24) is 24.3 Å². The van der Waals surface area contributed by atoms with Gasteiger partial charge in [0.2, 0.25) is 5.16 Å². The van der Waals surface area contributed by atoms with Crippen LogP contribution in [0.3, 0.4) is 0 Å². The fourth-order valence-electron chi connectivity index (χ4n) is 1.56. The maximum atomic E-state index is 11.8. The molecule has 0 aliphatic heterocycles. The van der Waals surface area contributed by atoms with Crippen molar-refractivity contribution in [2.75, 3.05) is 0 Å². The molecule has 0 saturated carbocycles. The van der Waals surface area contributed by atoms with Gasteiger partial charge in [0.05, 0.1) is 0 Å². The molecule has 0 atom stereocenters. The molecule has 102 valence electrons. The molecular formula is C11H15N5O2S. The largest absolute Gasteiger partial charge is 0.330 e. The normalized spacial score (nSPS) is 10.9. The summed E-state index contributed by atoms with van der Waals surface area (Å²) in [6.07, 6.45) is 0.790.